The number of carboxylic acid groups (broad SMARTS) is 1. The SMILES string of the molecule is N#Cc1ccc(C(=O)Nc2cc(Cl)ccc2C(=O)[O-])cc1. The molecule has 1 amide bonds. The van der Waals surface area contributed by atoms with E-state index in [1.54, 1.807) is 0 Å². The van der Waals surface area contributed by atoms with Crippen LogP contribution < -0.4 is 10.4 Å². The lowest BCUT2D eigenvalue weighted by Gasteiger charge is -2.12. The quantitative estimate of drug-likeness (QED) is 0.935. The number of hydrogen-bond acceptors (Lipinski definition) is 4. The van der Waals surface area contributed by atoms with Crippen LogP contribution in [-0.4, -0.2) is 11.9 Å². The van der Waals surface area contributed by atoms with Gasteiger partial charge in [0.25, 0.3) is 5.91 Å². The van der Waals surface area contributed by atoms with E-state index in [-0.39, 0.29) is 16.3 Å². The maximum Gasteiger partial charge on any atom is 0.255 e. The van der Waals surface area contributed by atoms with E-state index < -0.39 is 11.9 Å². The lowest BCUT2D eigenvalue weighted by atomic mass is 10.1. The summed E-state index contributed by atoms with van der Waals surface area (Å²) in [6, 6.07) is 11.8. The average Bonchev–Trinajstić information content (AvgIpc) is 2.47. The van der Waals surface area contributed by atoms with Crippen LogP contribution in [0, 0.1) is 11.3 Å². The molecule has 0 atom stereocenters. The monoisotopic (exact) mass is 299 g/mol. The van der Waals surface area contributed by atoms with Gasteiger partial charge in [-0.2, -0.15) is 5.26 Å². The number of carboxylic acids is 1. The van der Waals surface area contributed by atoms with Gasteiger partial charge in [-0.05, 0) is 42.5 Å². The van der Waals surface area contributed by atoms with Crippen LogP contribution in [0.2, 0.25) is 5.02 Å². The van der Waals surface area contributed by atoms with Gasteiger partial charge in [-0.1, -0.05) is 11.6 Å². The fourth-order valence-electron chi connectivity index (χ4n) is 1.69. The second-order valence-electron chi connectivity index (χ2n) is 4.12. The topological polar surface area (TPSA) is 93.0 Å². The summed E-state index contributed by atoms with van der Waals surface area (Å²) in [5.41, 5.74) is 0.598. The summed E-state index contributed by atoms with van der Waals surface area (Å²) in [6.45, 7) is 0. The Morgan fingerprint density at radius 1 is 1.14 bits per heavy atom. The minimum atomic E-state index is -1.42. The summed E-state index contributed by atoms with van der Waals surface area (Å²) in [4.78, 5) is 23.0. The van der Waals surface area contributed by atoms with Gasteiger partial charge in [-0.15, -0.1) is 0 Å². The molecule has 0 bridgehead atoms. The zero-order valence-corrected chi connectivity index (χ0v) is 11.3. The van der Waals surface area contributed by atoms with Crippen molar-refractivity contribution in [2.75, 3.05) is 5.32 Å². The molecule has 5 nitrogen and oxygen atoms in total. The first-order valence-corrected chi connectivity index (χ1v) is 6.21. The van der Waals surface area contributed by atoms with Gasteiger partial charge in [0.05, 0.1) is 23.3 Å². The van der Waals surface area contributed by atoms with Gasteiger partial charge in [0, 0.05) is 16.1 Å². The molecule has 0 aliphatic carbocycles. The number of hydrogen-bond donors (Lipinski definition) is 1. The van der Waals surface area contributed by atoms with Gasteiger partial charge in [0.15, 0.2) is 0 Å². The molecule has 0 unspecified atom stereocenters. The third-order valence-electron chi connectivity index (χ3n) is 2.73. The third kappa shape index (κ3) is 3.38. The van der Waals surface area contributed by atoms with Gasteiger partial charge in [-0.3, -0.25) is 4.79 Å². The van der Waals surface area contributed by atoms with E-state index in [4.69, 9.17) is 16.9 Å². The van der Waals surface area contributed by atoms with E-state index in [1.165, 1.54) is 42.5 Å². The van der Waals surface area contributed by atoms with E-state index in [2.05, 4.69) is 5.32 Å². The summed E-state index contributed by atoms with van der Waals surface area (Å²) < 4.78 is 0. The Morgan fingerprint density at radius 3 is 2.38 bits per heavy atom. The third-order valence-corrected chi connectivity index (χ3v) is 2.96. The Labute approximate surface area is 125 Å². The van der Waals surface area contributed by atoms with E-state index in [1.807, 2.05) is 6.07 Å². The Kier molecular flexibility index (Phi) is 4.21. The van der Waals surface area contributed by atoms with Crippen LogP contribution in [0.4, 0.5) is 5.69 Å². The molecule has 0 aromatic heterocycles. The maximum absolute atomic E-state index is 12.0. The first-order chi connectivity index (χ1) is 10.0. The smallest absolute Gasteiger partial charge is 0.255 e. The van der Waals surface area contributed by atoms with Gasteiger partial charge < -0.3 is 15.2 Å². The van der Waals surface area contributed by atoms with Crippen LogP contribution in [0.15, 0.2) is 42.5 Å². The van der Waals surface area contributed by atoms with Crippen molar-refractivity contribution in [2.24, 2.45) is 0 Å². The molecule has 0 spiro atoms. The van der Waals surface area contributed by atoms with Crippen molar-refractivity contribution >= 4 is 29.2 Å². The lowest BCUT2D eigenvalue weighted by molar-refractivity contribution is -0.254. The highest BCUT2D eigenvalue weighted by Gasteiger charge is 2.10. The minimum Gasteiger partial charge on any atom is -0.545 e. The molecule has 0 radical (unpaired) electrons. The van der Waals surface area contributed by atoms with Crippen LogP contribution >= 0.6 is 11.6 Å². The predicted molar refractivity (Wildman–Crippen MR) is 74.9 cm³/mol. The zero-order chi connectivity index (χ0) is 15.4. The molecule has 0 aliphatic rings. The van der Waals surface area contributed by atoms with Crippen molar-refractivity contribution in [3.05, 3.63) is 64.2 Å². The molecular weight excluding hydrogens is 292 g/mol. The molecule has 0 heterocycles. The van der Waals surface area contributed by atoms with Gasteiger partial charge in [0.1, 0.15) is 0 Å². The number of nitrogens with zero attached hydrogens (tertiary/aromatic N) is 1. The molecule has 2 aromatic carbocycles. The fraction of sp³-hybridized carbons (Fsp3) is 0. The predicted octanol–water partition coefficient (Wildman–Crippen LogP) is 1.83. The van der Waals surface area contributed by atoms with E-state index in [0.29, 0.717) is 11.1 Å². The van der Waals surface area contributed by atoms with Crippen LogP contribution in [0.3, 0.4) is 0 Å². The number of aromatic carboxylic acids is 1. The number of anilines is 1. The number of carbonyl (C=O) groups is 2. The summed E-state index contributed by atoms with van der Waals surface area (Å²) in [6.07, 6.45) is 0. The molecule has 2 rings (SSSR count). The molecule has 0 saturated heterocycles. The van der Waals surface area contributed by atoms with E-state index in [0.717, 1.165) is 0 Å². The summed E-state index contributed by atoms with van der Waals surface area (Å²) in [5, 5.41) is 22.4. The molecule has 0 aliphatic heterocycles. The number of nitriles is 1. The molecule has 6 heteroatoms. The number of halogens is 1. The number of rotatable bonds is 3. The van der Waals surface area contributed by atoms with Crippen molar-refractivity contribution in [1.29, 1.82) is 5.26 Å². The number of nitrogens with one attached hydrogen (secondary N) is 1. The summed E-state index contributed by atoms with van der Waals surface area (Å²) in [7, 11) is 0. The molecule has 0 saturated carbocycles. The summed E-state index contributed by atoms with van der Waals surface area (Å²) in [5.74, 6) is -1.92. The highest BCUT2D eigenvalue weighted by Crippen LogP contribution is 2.21. The normalized spacial score (nSPS) is 9.71. The highest BCUT2D eigenvalue weighted by molar-refractivity contribution is 6.31. The van der Waals surface area contributed by atoms with E-state index >= 15 is 0 Å². The Bertz CT molecular complexity index is 749. The number of carbonyl (C=O) groups excluding carboxylic acids is 2. The lowest BCUT2D eigenvalue weighted by Crippen LogP contribution is -2.24. The van der Waals surface area contributed by atoms with Crippen molar-refractivity contribution < 1.29 is 14.7 Å². The fourth-order valence-corrected chi connectivity index (χ4v) is 1.86. The molecule has 0 fully saturated rings. The van der Waals surface area contributed by atoms with E-state index in [9.17, 15) is 14.7 Å². The maximum atomic E-state index is 12.0. The van der Waals surface area contributed by atoms with Gasteiger partial charge in [-0.25, -0.2) is 0 Å². The Morgan fingerprint density at radius 2 is 1.81 bits per heavy atom. The van der Waals surface area contributed by atoms with Crippen LogP contribution in [0.25, 0.3) is 0 Å². The molecular formula is C15H8ClN2O3-. The molecule has 104 valence electrons. The average molecular weight is 300 g/mol. The minimum absolute atomic E-state index is 0.0526. The molecule has 1 N–H and O–H groups in total. The standard InChI is InChI=1S/C15H9ClN2O3/c16-11-5-6-12(15(20)21)13(7-11)18-14(19)10-3-1-9(8-17)2-4-10/h1-7H,(H,18,19)(H,20,21)/p-1. The van der Waals surface area contributed by atoms with Crippen LogP contribution in [0.5, 0.6) is 0 Å². The number of amides is 1. The molecule has 21 heavy (non-hydrogen) atoms. The second kappa shape index (κ2) is 6.07. The largest absolute Gasteiger partial charge is 0.545 e. The highest BCUT2D eigenvalue weighted by atomic mass is 35.5. The van der Waals surface area contributed by atoms with Crippen molar-refractivity contribution in [2.45, 2.75) is 0 Å². The number of benzene rings is 2. The molecule has 2 aromatic rings. The van der Waals surface area contributed by atoms with Crippen molar-refractivity contribution in [3.8, 4) is 6.07 Å². The summed E-state index contributed by atoms with van der Waals surface area (Å²) >= 11 is 5.79. The zero-order valence-electron chi connectivity index (χ0n) is 10.6. The first-order valence-electron chi connectivity index (χ1n) is 5.83. The Hall–Kier alpha value is -2.84. The van der Waals surface area contributed by atoms with Crippen molar-refractivity contribution in [3.63, 3.8) is 0 Å². The van der Waals surface area contributed by atoms with Crippen LogP contribution in [0.1, 0.15) is 26.3 Å². The van der Waals surface area contributed by atoms with Gasteiger partial charge >= 0.3 is 0 Å². The van der Waals surface area contributed by atoms with Crippen LogP contribution in [-0.2, 0) is 0 Å². The second-order valence-corrected chi connectivity index (χ2v) is 4.56. The van der Waals surface area contributed by atoms with Crippen molar-refractivity contribution in [1.82, 2.24) is 0 Å². The first kappa shape index (κ1) is 14.6. The van der Waals surface area contributed by atoms with Gasteiger partial charge in [0.2, 0.25) is 0 Å². The Balaban J connectivity index is 2.28.